The molecule has 2 aliphatic rings. The molecule has 1 N–H and O–H groups in total. The zero-order valence-corrected chi connectivity index (χ0v) is 12.7. The predicted octanol–water partition coefficient (Wildman–Crippen LogP) is 1.65. The lowest BCUT2D eigenvalue weighted by molar-refractivity contribution is -0.125. The molecule has 6 heteroatoms. The molecule has 1 aromatic rings. The van der Waals surface area contributed by atoms with Crippen molar-refractivity contribution in [1.29, 1.82) is 0 Å². The summed E-state index contributed by atoms with van der Waals surface area (Å²) in [6.07, 6.45) is 3.83. The van der Waals surface area contributed by atoms with Gasteiger partial charge in [0.15, 0.2) is 0 Å². The van der Waals surface area contributed by atoms with Gasteiger partial charge in [-0.1, -0.05) is 6.07 Å². The van der Waals surface area contributed by atoms with E-state index < -0.39 is 0 Å². The number of likely N-dealkylation sites (tertiary alicyclic amines) is 1. The van der Waals surface area contributed by atoms with Crippen LogP contribution >= 0.6 is 11.3 Å². The number of carbonyl (C=O) groups excluding carboxylic acids is 2. The average Bonchev–Trinajstić information content (AvgIpc) is 3.26. The monoisotopic (exact) mass is 308 g/mol. The Kier molecular flexibility index (Phi) is 4.55. The molecule has 2 aliphatic heterocycles. The molecule has 2 unspecified atom stereocenters. The molecule has 3 rings (SSSR count). The average molecular weight is 308 g/mol. The van der Waals surface area contributed by atoms with E-state index in [4.69, 9.17) is 4.74 Å². The van der Waals surface area contributed by atoms with E-state index in [0.717, 1.165) is 32.3 Å². The van der Waals surface area contributed by atoms with Gasteiger partial charge in [-0.05, 0) is 37.1 Å². The van der Waals surface area contributed by atoms with Crippen LogP contribution in [0.2, 0.25) is 0 Å². The maximum atomic E-state index is 12.4. The molecular weight excluding hydrogens is 288 g/mol. The predicted molar refractivity (Wildman–Crippen MR) is 80.4 cm³/mol. The Morgan fingerprint density at radius 3 is 3.00 bits per heavy atom. The Hall–Kier alpha value is -1.40. The van der Waals surface area contributed by atoms with Crippen LogP contribution in [0.3, 0.4) is 0 Å². The lowest BCUT2D eigenvalue weighted by Gasteiger charge is -2.24. The minimum absolute atomic E-state index is 0.0280. The fraction of sp³-hybridized carbons (Fsp3) is 0.600. The second kappa shape index (κ2) is 6.58. The van der Waals surface area contributed by atoms with Gasteiger partial charge in [-0.2, -0.15) is 0 Å². The molecule has 2 atom stereocenters. The van der Waals surface area contributed by atoms with E-state index in [1.54, 1.807) is 4.90 Å². The number of hydrogen-bond acceptors (Lipinski definition) is 4. The number of nitrogens with zero attached hydrogens (tertiary/aromatic N) is 1. The summed E-state index contributed by atoms with van der Waals surface area (Å²) in [5, 5.41) is 4.83. The molecule has 2 amide bonds. The SMILES string of the molecule is O=C(NCC1CCCO1)C1CCCN1C(=O)c1cccs1. The highest BCUT2D eigenvalue weighted by molar-refractivity contribution is 7.12. The van der Waals surface area contributed by atoms with Crippen molar-refractivity contribution in [3.63, 3.8) is 0 Å². The molecule has 3 heterocycles. The van der Waals surface area contributed by atoms with Crippen molar-refractivity contribution in [3.8, 4) is 0 Å². The van der Waals surface area contributed by atoms with E-state index in [0.29, 0.717) is 18.0 Å². The van der Waals surface area contributed by atoms with E-state index in [-0.39, 0.29) is 24.0 Å². The second-order valence-corrected chi connectivity index (χ2v) is 6.46. The lowest BCUT2D eigenvalue weighted by Crippen LogP contribution is -2.47. The minimum atomic E-state index is -0.332. The molecule has 2 fully saturated rings. The van der Waals surface area contributed by atoms with E-state index in [9.17, 15) is 9.59 Å². The van der Waals surface area contributed by atoms with Crippen LogP contribution in [-0.4, -0.2) is 48.6 Å². The normalized spacial score (nSPS) is 25.2. The van der Waals surface area contributed by atoms with Crippen LogP contribution in [0.25, 0.3) is 0 Å². The topological polar surface area (TPSA) is 58.6 Å². The largest absolute Gasteiger partial charge is 0.376 e. The Morgan fingerprint density at radius 1 is 1.38 bits per heavy atom. The standard InChI is InChI=1S/C15H20N2O3S/c18-14(16-10-11-4-2-8-20-11)12-5-1-7-17(12)15(19)13-6-3-9-21-13/h3,6,9,11-12H,1-2,4-5,7-8,10H2,(H,16,18). The quantitative estimate of drug-likeness (QED) is 0.920. The minimum Gasteiger partial charge on any atom is -0.376 e. The first-order valence-electron chi connectivity index (χ1n) is 7.49. The maximum Gasteiger partial charge on any atom is 0.264 e. The second-order valence-electron chi connectivity index (χ2n) is 5.51. The van der Waals surface area contributed by atoms with Crippen LogP contribution in [0, 0.1) is 0 Å². The number of nitrogens with one attached hydrogen (secondary N) is 1. The number of thiophene rings is 1. The van der Waals surface area contributed by atoms with E-state index >= 15 is 0 Å². The van der Waals surface area contributed by atoms with Gasteiger partial charge in [-0.3, -0.25) is 9.59 Å². The Morgan fingerprint density at radius 2 is 2.29 bits per heavy atom. The number of amides is 2. The van der Waals surface area contributed by atoms with E-state index in [1.165, 1.54) is 11.3 Å². The highest BCUT2D eigenvalue weighted by Crippen LogP contribution is 2.22. The zero-order chi connectivity index (χ0) is 14.7. The summed E-state index contributed by atoms with van der Waals surface area (Å²) in [4.78, 5) is 27.2. The molecule has 0 radical (unpaired) electrons. The van der Waals surface area contributed by atoms with Crippen LogP contribution in [-0.2, 0) is 9.53 Å². The fourth-order valence-electron chi connectivity index (χ4n) is 2.96. The lowest BCUT2D eigenvalue weighted by atomic mass is 10.2. The molecule has 0 aromatic carbocycles. The summed E-state index contributed by atoms with van der Waals surface area (Å²) >= 11 is 1.42. The Bertz CT molecular complexity index is 497. The van der Waals surface area contributed by atoms with Gasteiger partial charge in [0.05, 0.1) is 11.0 Å². The van der Waals surface area contributed by atoms with Gasteiger partial charge in [-0.25, -0.2) is 0 Å². The first kappa shape index (κ1) is 14.5. The molecular formula is C15H20N2O3S. The molecule has 5 nitrogen and oxygen atoms in total. The van der Waals surface area contributed by atoms with Gasteiger partial charge < -0.3 is 15.0 Å². The van der Waals surface area contributed by atoms with E-state index in [1.807, 2.05) is 17.5 Å². The van der Waals surface area contributed by atoms with Crippen LogP contribution < -0.4 is 5.32 Å². The highest BCUT2D eigenvalue weighted by atomic mass is 32.1. The Balaban J connectivity index is 1.58. The van der Waals surface area contributed by atoms with Gasteiger partial charge in [0, 0.05) is 19.7 Å². The molecule has 21 heavy (non-hydrogen) atoms. The molecule has 1 aromatic heterocycles. The number of ether oxygens (including phenoxy) is 1. The summed E-state index contributed by atoms with van der Waals surface area (Å²) in [6, 6.07) is 3.34. The summed E-state index contributed by atoms with van der Waals surface area (Å²) in [6.45, 7) is 2.00. The molecule has 0 saturated carbocycles. The van der Waals surface area contributed by atoms with Crippen molar-refractivity contribution in [2.24, 2.45) is 0 Å². The van der Waals surface area contributed by atoms with Gasteiger partial charge in [0.25, 0.3) is 5.91 Å². The van der Waals surface area contributed by atoms with Gasteiger partial charge >= 0.3 is 0 Å². The molecule has 0 spiro atoms. The van der Waals surface area contributed by atoms with Crippen molar-refractivity contribution in [3.05, 3.63) is 22.4 Å². The number of hydrogen-bond donors (Lipinski definition) is 1. The van der Waals surface area contributed by atoms with Crippen molar-refractivity contribution in [1.82, 2.24) is 10.2 Å². The third kappa shape index (κ3) is 3.27. The third-order valence-corrected chi connectivity index (χ3v) is 4.93. The molecule has 2 saturated heterocycles. The van der Waals surface area contributed by atoms with Crippen molar-refractivity contribution in [2.75, 3.05) is 19.7 Å². The smallest absolute Gasteiger partial charge is 0.264 e. The zero-order valence-electron chi connectivity index (χ0n) is 11.9. The maximum absolute atomic E-state index is 12.4. The summed E-state index contributed by atoms with van der Waals surface area (Å²) in [5.41, 5.74) is 0. The highest BCUT2D eigenvalue weighted by Gasteiger charge is 2.35. The summed E-state index contributed by atoms with van der Waals surface area (Å²) in [7, 11) is 0. The van der Waals surface area contributed by atoms with Crippen LogP contribution in [0.5, 0.6) is 0 Å². The first-order valence-corrected chi connectivity index (χ1v) is 8.37. The van der Waals surface area contributed by atoms with Gasteiger partial charge in [0.1, 0.15) is 6.04 Å². The van der Waals surface area contributed by atoms with E-state index in [2.05, 4.69) is 5.32 Å². The summed E-state index contributed by atoms with van der Waals surface area (Å²) in [5.74, 6) is -0.0762. The van der Waals surface area contributed by atoms with Crippen LogP contribution in [0.4, 0.5) is 0 Å². The number of rotatable bonds is 4. The number of carbonyl (C=O) groups is 2. The molecule has 0 aliphatic carbocycles. The van der Waals surface area contributed by atoms with Gasteiger partial charge in [-0.15, -0.1) is 11.3 Å². The summed E-state index contributed by atoms with van der Waals surface area (Å²) < 4.78 is 5.51. The van der Waals surface area contributed by atoms with Crippen molar-refractivity contribution < 1.29 is 14.3 Å². The van der Waals surface area contributed by atoms with Crippen LogP contribution in [0.15, 0.2) is 17.5 Å². The van der Waals surface area contributed by atoms with Gasteiger partial charge in [0.2, 0.25) is 5.91 Å². The van der Waals surface area contributed by atoms with Crippen molar-refractivity contribution in [2.45, 2.75) is 37.8 Å². The molecule has 114 valence electrons. The van der Waals surface area contributed by atoms with Crippen LogP contribution in [0.1, 0.15) is 35.4 Å². The third-order valence-electron chi connectivity index (χ3n) is 4.08. The molecule has 0 bridgehead atoms. The fourth-order valence-corrected chi connectivity index (χ4v) is 3.64. The first-order chi connectivity index (χ1) is 10.3. The Labute approximate surface area is 128 Å². The van der Waals surface area contributed by atoms with Crippen molar-refractivity contribution >= 4 is 23.2 Å².